The first-order valence-corrected chi connectivity index (χ1v) is 8.05. The van der Waals surface area contributed by atoms with Crippen molar-refractivity contribution in [2.45, 2.75) is 19.4 Å². The van der Waals surface area contributed by atoms with E-state index in [1.165, 1.54) is 17.6 Å². The molecule has 0 unspecified atom stereocenters. The fraction of sp³-hybridized carbons (Fsp3) is 0.333. The average molecular weight is 341 g/mol. The van der Waals surface area contributed by atoms with Gasteiger partial charge in [0.25, 0.3) is 5.91 Å². The second-order valence-electron chi connectivity index (χ2n) is 4.79. The molecule has 0 aliphatic heterocycles. The first kappa shape index (κ1) is 16.6. The van der Waals surface area contributed by atoms with Crippen molar-refractivity contribution >= 4 is 34.8 Å². The van der Waals surface area contributed by atoms with Crippen LogP contribution in [-0.4, -0.2) is 30.3 Å². The van der Waals surface area contributed by atoms with Crippen LogP contribution in [0.1, 0.15) is 28.3 Å². The SMILES string of the molecule is CN(Cc1ccc(Cl)s1)C(=O)CCCNC(=O)c1ccco1. The molecule has 5 nitrogen and oxygen atoms in total. The molecule has 0 aliphatic carbocycles. The molecular formula is C15H17ClN2O3S. The number of rotatable bonds is 7. The summed E-state index contributed by atoms with van der Waals surface area (Å²) in [6.07, 6.45) is 2.42. The maximum absolute atomic E-state index is 12.0. The summed E-state index contributed by atoms with van der Waals surface area (Å²) in [6.45, 7) is 0.985. The van der Waals surface area contributed by atoms with Crippen LogP contribution in [0.2, 0.25) is 4.34 Å². The molecule has 2 heterocycles. The number of nitrogens with one attached hydrogen (secondary N) is 1. The number of hydrogen-bond donors (Lipinski definition) is 1. The van der Waals surface area contributed by atoms with Crippen molar-refractivity contribution in [1.29, 1.82) is 0 Å². The van der Waals surface area contributed by atoms with E-state index in [4.69, 9.17) is 16.0 Å². The third-order valence-electron chi connectivity index (χ3n) is 3.05. The lowest BCUT2D eigenvalue weighted by molar-refractivity contribution is -0.130. The van der Waals surface area contributed by atoms with Gasteiger partial charge in [0.15, 0.2) is 5.76 Å². The number of amides is 2. The Morgan fingerprint density at radius 3 is 2.82 bits per heavy atom. The van der Waals surface area contributed by atoms with Crippen molar-refractivity contribution in [2.24, 2.45) is 0 Å². The van der Waals surface area contributed by atoms with Gasteiger partial charge in [0.1, 0.15) is 0 Å². The average Bonchev–Trinajstić information content (AvgIpc) is 3.14. The highest BCUT2D eigenvalue weighted by Gasteiger charge is 2.11. The Morgan fingerprint density at radius 1 is 1.36 bits per heavy atom. The third-order valence-corrected chi connectivity index (χ3v) is 4.26. The molecule has 0 atom stereocenters. The van der Waals surface area contributed by atoms with Crippen molar-refractivity contribution in [3.05, 3.63) is 45.5 Å². The van der Waals surface area contributed by atoms with Gasteiger partial charge in [-0.2, -0.15) is 0 Å². The van der Waals surface area contributed by atoms with Gasteiger partial charge in [0.2, 0.25) is 5.91 Å². The zero-order valence-electron chi connectivity index (χ0n) is 12.2. The number of hydrogen-bond acceptors (Lipinski definition) is 4. The minimum atomic E-state index is -0.265. The second-order valence-corrected chi connectivity index (χ2v) is 6.59. The number of carbonyl (C=O) groups excluding carboxylic acids is 2. The smallest absolute Gasteiger partial charge is 0.286 e. The molecule has 0 spiro atoms. The van der Waals surface area contributed by atoms with E-state index in [1.807, 2.05) is 12.1 Å². The second kappa shape index (κ2) is 8.00. The molecule has 22 heavy (non-hydrogen) atoms. The Bertz CT molecular complexity index is 625. The summed E-state index contributed by atoms with van der Waals surface area (Å²) in [6, 6.07) is 7.00. The van der Waals surface area contributed by atoms with Crippen LogP contribution in [0, 0.1) is 0 Å². The number of halogens is 1. The lowest BCUT2D eigenvalue weighted by atomic mass is 10.2. The Morgan fingerprint density at radius 2 is 2.18 bits per heavy atom. The molecule has 118 valence electrons. The molecule has 1 N–H and O–H groups in total. The Labute approximate surface area is 137 Å². The molecule has 0 aromatic carbocycles. The summed E-state index contributed by atoms with van der Waals surface area (Å²) in [5.74, 6) is 0.0498. The molecule has 0 aliphatic rings. The third kappa shape index (κ3) is 4.89. The highest BCUT2D eigenvalue weighted by Crippen LogP contribution is 2.22. The summed E-state index contributed by atoms with van der Waals surface area (Å²) < 4.78 is 5.70. The summed E-state index contributed by atoms with van der Waals surface area (Å²) in [7, 11) is 1.76. The van der Waals surface area contributed by atoms with E-state index in [1.54, 1.807) is 24.1 Å². The standard InChI is InChI=1S/C15H17ClN2O3S/c1-18(10-11-6-7-13(16)22-11)14(19)5-2-8-17-15(20)12-4-3-9-21-12/h3-4,6-7,9H,2,5,8,10H2,1H3,(H,17,20). The van der Waals surface area contributed by atoms with Gasteiger partial charge < -0.3 is 14.6 Å². The lowest BCUT2D eigenvalue weighted by Crippen LogP contribution is -2.28. The van der Waals surface area contributed by atoms with Crippen LogP contribution in [0.5, 0.6) is 0 Å². The van der Waals surface area contributed by atoms with E-state index in [-0.39, 0.29) is 17.6 Å². The van der Waals surface area contributed by atoms with Crippen LogP contribution >= 0.6 is 22.9 Å². The maximum atomic E-state index is 12.0. The summed E-state index contributed by atoms with van der Waals surface area (Å²) in [4.78, 5) is 26.3. The summed E-state index contributed by atoms with van der Waals surface area (Å²) >= 11 is 7.33. The molecule has 2 aromatic heterocycles. The minimum Gasteiger partial charge on any atom is -0.459 e. The summed E-state index contributed by atoms with van der Waals surface area (Å²) in [5.41, 5.74) is 0. The Hall–Kier alpha value is -1.79. The van der Waals surface area contributed by atoms with E-state index in [2.05, 4.69) is 5.32 Å². The van der Waals surface area contributed by atoms with E-state index >= 15 is 0 Å². The molecule has 0 radical (unpaired) electrons. The van der Waals surface area contributed by atoms with Crippen molar-refractivity contribution in [1.82, 2.24) is 10.2 Å². The normalized spacial score (nSPS) is 10.5. The van der Waals surface area contributed by atoms with Crippen molar-refractivity contribution in [3.8, 4) is 0 Å². The Balaban J connectivity index is 1.65. The molecule has 0 saturated heterocycles. The van der Waals surface area contributed by atoms with Crippen LogP contribution in [0.4, 0.5) is 0 Å². The van der Waals surface area contributed by atoms with Crippen LogP contribution in [0.3, 0.4) is 0 Å². The zero-order chi connectivity index (χ0) is 15.9. The molecule has 0 fully saturated rings. The van der Waals surface area contributed by atoms with Crippen LogP contribution < -0.4 is 5.32 Å². The lowest BCUT2D eigenvalue weighted by Gasteiger charge is -2.16. The number of thiophene rings is 1. The van der Waals surface area contributed by atoms with Gasteiger partial charge in [-0.25, -0.2) is 0 Å². The monoisotopic (exact) mass is 340 g/mol. The number of furan rings is 1. The van der Waals surface area contributed by atoms with E-state index in [0.717, 1.165) is 9.21 Å². The van der Waals surface area contributed by atoms with Crippen molar-refractivity contribution in [2.75, 3.05) is 13.6 Å². The van der Waals surface area contributed by atoms with E-state index < -0.39 is 0 Å². The molecule has 7 heteroatoms. The summed E-state index contributed by atoms with van der Waals surface area (Å²) in [5, 5.41) is 2.71. The first-order chi connectivity index (χ1) is 10.6. The fourth-order valence-electron chi connectivity index (χ4n) is 1.89. The van der Waals surface area contributed by atoms with Gasteiger partial charge in [-0.15, -0.1) is 11.3 Å². The molecule has 2 rings (SSSR count). The van der Waals surface area contributed by atoms with Crippen molar-refractivity contribution in [3.63, 3.8) is 0 Å². The predicted octanol–water partition coefficient (Wildman–Crippen LogP) is 3.16. The number of carbonyl (C=O) groups is 2. The van der Waals surface area contributed by atoms with Gasteiger partial charge in [0, 0.05) is 24.9 Å². The van der Waals surface area contributed by atoms with E-state index in [0.29, 0.717) is 25.9 Å². The molecule has 0 saturated carbocycles. The maximum Gasteiger partial charge on any atom is 0.286 e. The topological polar surface area (TPSA) is 62.6 Å². The van der Waals surface area contributed by atoms with Gasteiger partial charge >= 0.3 is 0 Å². The first-order valence-electron chi connectivity index (χ1n) is 6.86. The predicted molar refractivity (Wildman–Crippen MR) is 86.1 cm³/mol. The molecule has 2 aromatic rings. The van der Waals surface area contributed by atoms with Gasteiger partial charge in [-0.05, 0) is 30.7 Å². The van der Waals surface area contributed by atoms with Gasteiger partial charge in [0.05, 0.1) is 17.1 Å². The molecule has 0 bridgehead atoms. The van der Waals surface area contributed by atoms with Gasteiger partial charge in [-0.3, -0.25) is 9.59 Å². The largest absolute Gasteiger partial charge is 0.459 e. The quantitative estimate of drug-likeness (QED) is 0.787. The van der Waals surface area contributed by atoms with E-state index in [9.17, 15) is 9.59 Å². The zero-order valence-corrected chi connectivity index (χ0v) is 13.7. The fourth-order valence-corrected chi connectivity index (χ4v) is 3.03. The van der Waals surface area contributed by atoms with Crippen LogP contribution in [0.15, 0.2) is 34.9 Å². The molecular weight excluding hydrogens is 324 g/mol. The highest BCUT2D eigenvalue weighted by molar-refractivity contribution is 7.16. The van der Waals surface area contributed by atoms with Gasteiger partial charge in [-0.1, -0.05) is 11.6 Å². The van der Waals surface area contributed by atoms with Crippen LogP contribution in [0.25, 0.3) is 0 Å². The number of nitrogens with zero attached hydrogens (tertiary/aromatic N) is 1. The minimum absolute atomic E-state index is 0.0387. The molecule has 2 amide bonds. The Kier molecular flexibility index (Phi) is 6.03. The highest BCUT2D eigenvalue weighted by atomic mass is 35.5. The van der Waals surface area contributed by atoms with Crippen LogP contribution in [-0.2, 0) is 11.3 Å². The van der Waals surface area contributed by atoms with Crippen molar-refractivity contribution < 1.29 is 14.0 Å².